The van der Waals surface area contributed by atoms with Gasteiger partial charge in [0.25, 0.3) is 5.91 Å². The molecule has 0 fully saturated rings. The van der Waals surface area contributed by atoms with E-state index in [2.05, 4.69) is 9.97 Å². The molecule has 3 aromatic rings. The number of anilines is 1. The van der Waals surface area contributed by atoms with Crippen LogP contribution in [0.1, 0.15) is 10.4 Å². The summed E-state index contributed by atoms with van der Waals surface area (Å²) < 4.78 is 0. The minimum absolute atomic E-state index is 0.132. The van der Waals surface area contributed by atoms with Crippen LogP contribution in [0.25, 0.3) is 11.4 Å². The molecule has 24 heavy (non-hydrogen) atoms. The lowest BCUT2D eigenvalue weighted by atomic mass is 10.2. The first kappa shape index (κ1) is 16.2. The molecule has 0 unspecified atom stereocenters. The number of carbonyl (C=O) groups is 1. The lowest BCUT2D eigenvalue weighted by Crippen LogP contribution is -2.26. The zero-order valence-corrected chi connectivity index (χ0v) is 14.3. The van der Waals surface area contributed by atoms with Crippen molar-refractivity contribution in [3.8, 4) is 11.4 Å². The summed E-state index contributed by atoms with van der Waals surface area (Å²) in [5.74, 6) is 0.479. The summed E-state index contributed by atoms with van der Waals surface area (Å²) in [6, 6.07) is 17.6. The predicted octanol–water partition coefficient (Wildman–Crippen LogP) is 4.14. The molecule has 0 aliphatic heterocycles. The van der Waals surface area contributed by atoms with Gasteiger partial charge in [-0.2, -0.15) is 0 Å². The fourth-order valence-electron chi connectivity index (χ4n) is 2.30. The Labute approximate surface area is 145 Å². The van der Waals surface area contributed by atoms with Gasteiger partial charge in [0.15, 0.2) is 5.82 Å². The van der Waals surface area contributed by atoms with E-state index in [1.165, 1.54) is 0 Å². The summed E-state index contributed by atoms with van der Waals surface area (Å²) in [7, 11) is 1.76. The molecule has 0 radical (unpaired) electrons. The number of hydrogen-bond donors (Lipinski definition) is 0. The third-order valence-corrected chi connectivity index (χ3v) is 4.40. The highest BCUT2D eigenvalue weighted by Gasteiger charge is 2.15. The van der Waals surface area contributed by atoms with Crippen molar-refractivity contribution < 1.29 is 4.79 Å². The Bertz CT molecular complexity index is 835. The average molecular weight is 335 g/mol. The van der Waals surface area contributed by atoms with Crippen LogP contribution >= 0.6 is 11.8 Å². The number of thioether (sulfide) groups is 1. The van der Waals surface area contributed by atoms with Crippen molar-refractivity contribution in [2.75, 3.05) is 18.2 Å². The normalized spacial score (nSPS) is 10.4. The molecule has 1 aromatic heterocycles. The molecule has 0 saturated heterocycles. The lowest BCUT2D eigenvalue weighted by Gasteiger charge is -2.17. The van der Waals surface area contributed by atoms with E-state index in [0.717, 1.165) is 16.1 Å². The van der Waals surface area contributed by atoms with E-state index in [1.54, 1.807) is 36.1 Å². The summed E-state index contributed by atoms with van der Waals surface area (Å²) in [6.45, 7) is 0. The van der Waals surface area contributed by atoms with Gasteiger partial charge in [-0.1, -0.05) is 36.4 Å². The van der Waals surface area contributed by atoms with Gasteiger partial charge < -0.3 is 4.90 Å². The van der Waals surface area contributed by atoms with Crippen molar-refractivity contribution in [3.63, 3.8) is 0 Å². The zero-order chi connectivity index (χ0) is 16.9. The molecule has 0 N–H and O–H groups in total. The number of amides is 1. The highest BCUT2D eigenvalue weighted by atomic mass is 32.2. The van der Waals surface area contributed by atoms with Gasteiger partial charge in [0.1, 0.15) is 0 Å². The number of rotatable bonds is 4. The number of nitrogens with zero attached hydrogens (tertiary/aromatic N) is 3. The maximum Gasteiger partial charge on any atom is 0.261 e. The second-order valence-electron chi connectivity index (χ2n) is 5.23. The first-order chi connectivity index (χ1) is 11.7. The average Bonchev–Trinajstić information content (AvgIpc) is 2.67. The maximum absolute atomic E-state index is 12.6. The van der Waals surface area contributed by atoms with E-state index in [4.69, 9.17) is 0 Å². The van der Waals surface area contributed by atoms with Crippen LogP contribution in [0.15, 0.2) is 71.9 Å². The third-order valence-electron chi connectivity index (χ3n) is 3.68. The molecular weight excluding hydrogens is 318 g/mol. The third kappa shape index (κ3) is 3.46. The molecule has 1 amide bonds. The van der Waals surface area contributed by atoms with E-state index in [-0.39, 0.29) is 5.91 Å². The minimum Gasteiger partial charge on any atom is -0.311 e. The molecule has 120 valence electrons. The van der Waals surface area contributed by atoms with Gasteiger partial charge in [0.2, 0.25) is 0 Å². The summed E-state index contributed by atoms with van der Waals surface area (Å²) in [4.78, 5) is 24.0. The van der Waals surface area contributed by atoms with Gasteiger partial charge >= 0.3 is 0 Å². The van der Waals surface area contributed by atoms with Crippen LogP contribution in [0.3, 0.4) is 0 Å². The fourth-order valence-corrected chi connectivity index (χ4v) is 2.76. The summed E-state index contributed by atoms with van der Waals surface area (Å²) >= 11 is 1.64. The van der Waals surface area contributed by atoms with Crippen molar-refractivity contribution >= 4 is 23.4 Å². The summed E-state index contributed by atoms with van der Waals surface area (Å²) in [6.07, 6.45) is 5.16. The van der Waals surface area contributed by atoms with Crippen molar-refractivity contribution in [1.82, 2.24) is 9.97 Å². The molecule has 5 heteroatoms. The van der Waals surface area contributed by atoms with Crippen LogP contribution in [0.2, 0.25) is 0 Å². The number of carbonyl (C=O) groups excluding carboxylic acids is 1. The molecule has 0 aliphatic carbocycles. The van der Waals surface area contributed by atoms with Crippen LogP contribution in [-0.4, -0.2) is 29.2 Å². The molecule has 0 saturated carbocycles. The molecule has 1 heterocycles. The van der Waals surface area contributed by atoms with Crippen LogP contribution < -0.4 is 4.90 Å². The Morgan fingerprint density at radius 3 is 2.38 bits per heavy atom. The minimum atomic E-state index is -0.132. The molecule has 0 atom stereocenters. The van der Waals surface area contributed by atoms with Gasteiger partial charge in [-0.05, 0) is 24.5 Å². The van der Waals surface area contributed by atoms with Crippen LogP contribution in [0, 0.1) is 0 Å². The monoisotopic (exact) mass is 335 g/mol. The van der Waals surface area contributed by atoms with Gasteiger partial charge in [-0.15, -0.1) is 11.8 Å². The van der Waals surface area contributed by atoms with Crippen LogP contribution in [-0.2, 0) is 0 Å². The molecule has 4 nitrogen and oxygen atoms in total. The van der Waals surface area contributed by atoms with Crippen molar-refractivity contribution in [3.05, 3.63) is 72.6 Å². The van der Waals surface area contributed by atoms with E-state index in [9.17, 15) is 4.79 Å². The Morgan fingerprint density at radius 1 is 1.00 bits per heavy atom. The van der Waals surface area contributed by atoms with E-state index < -0.39 is 0 Å². The van der Waals surface area contributed by atoms with Gasteiger partial charge in [0.05, 0.1) is 5.56 Å². The lowest BCUT2D eigenvalue weighted by molar-refractivity contribution is 0.0992. The van der Waals surface area contributed by atoms with Crippen molar-refractivity contribution in [2.45, 2.75) is 4.90 Å². The zero-order valence-electron chi connectivity index (χ0n) is 13.5. The Hall–Kier alpha value is -2.66. The van der Waals surface area contributed by atoms with Crippen molar-refractivity contribution in [2.24, 2.45) is 0 Å². The molecule has 3 rings (SSSR count). The number of hydrogen-bond acceptors (Lipinski definition) is 4. The van der Waals surface area contributed by atoms with E-state index in [0.29, 0.717) is 11.4 Å². The molecule has 2 aromatic carbocycles. The van der Waals surface area contributed by atoms with E-state index in [1.807, 2.05) is 60.9 Å². The highest BCUT2D eigenvalue weighted by Crippen LogP contribution is 2.22. The maximum atomic E-state index is 12.6. The van der Waals surface area contributed by atoms with Crippen LogP contribution in [0.4, 0.5) is 5.69 Å². The van der Waals surface area contributed by atoms with Gasteiger partial charge in [-0.3, -0.25) is 4.79 Å². The molecule has 0 spiro atoms. The summed E-state index contributed by atoms with van der Waals surface area (Å²) in [5.41, 5.74) is 2.24. The first-order valence-electron chi connectivity index (χ1n) is 7.48. The standard InChI is InChI=1S/C19H17N3OS/c1-22(16-9-6-10-17(11-16)24-2)19(23)15-12-20-18(21-13-15)14-7-4-3-5-8-14/h3-13H,1-2H3. The second-order valence-corrected chi connectivity index (χ2v) is 6.11. The fraction of sp³-hybridized carbons (Fsp3) is 0.105. The van der Waals surface area contributed by atoms with Gasteiger partial charge in [0, 0.05) is 35.6 Å². The predicted molar refractivity (Wildman–Crippen MR) is 98.4 cm³/mol. The summed E-state index contributed by atoms with van der Waals surface area (Å²) in [5, 5.41) is 0. The largest absolute Gasteiger partial charge is 0.311 e. The highest BCUT2D eigenvalue weighted by molar-refractivity contribution is 7.98. The quantitative estimate of drug-likeness (QED) is 0.672. The Balaban J connectivity index is 1.82. The second kappa shape index (κ2) is 7.27. The van der Waals surface area contributed by atoms with Crippen LogP contribution in [0.5, 0.6) is 0 Å². The first-order valence-corrected chi connectivity index (χ1v) is 8.71. The molecule has 0 aliphatic rings. The Morgan fingerprint density at radius 2 is 1.71 bits per heavy atom. The van der Waals surface area contributed by atoms with Crippen molar-refractivity contribution in [1.29, 1.82) is 0 Å². The topological polar surface area (TPSA) is 46.1 Å². The smallest absolute Gasteiger partial charge is 0.261 e. The molecular formula is C19H17N3OS. The SMILES string of the molecule is CSc1cccc(N(C)C(=O)c2cnc(-c3ccccc3)nc2)c1. The number of benzene rings is 2. The van der Waals surface area contributed by atoms with E-state index >= 15 is 0 Å². The van der Waals surface area contributed by atoms with Gasteiger partial charge in [-0.25, -0.2) is 9.97 Å². The Kier molecular flexibility index (Phi) is 4.91. The molecule has 0 bridgehead atoms. The number of aromatic nitrogens is 2.